The Morgan fingerprint density at radius 1 is 0.923 bits per heavy atom. The van der Waals surface area contributed by atoms with Crippen molar-refractivity contribution in [2.75, 3.05) is 10.8 Å². The van der Waals surface area contributed by atoms with Crippen LogP contribution in [0.4, 0.5) is 5.69 Å². The molecule has 0 saturated carbocycles. The molecule has 0 fully saturated rings. The van der Waals surface area contributed by atoms with E-state index in [0.29, 0.717) is 16.3 Å². The highest BCUT2D eigenvalue weighted by Gasteiger charge is 2.28. The van der Waals surface area contributed by atoms with Gasteiger partial charge in [-0.15, -0.1) is 0 Å². The van der Waals surface area contributed by atoms with E-state index in [2.05, 4.69) is 39.4 Å². The molecule has 1 aromatic heterocycles. The summed E-state index contributed by atoms with van der Waals surface area (Å²) in [6, 6.07) is 21.6. The van der Waals surface area contributed by atoms with Crippen LogP contribution in [0.2, 0.25) is 5.02 Å². The number of rotatable bonds is 8. The Balaban J connectivity index is 1.57. The summed E-state index contributed by atoms with van der Waals surface area (Å²) in [7, 11) is -4.05. The molecule has 0 bridgehead atoms. The molecular weight excluding hydrogens is 532 g/mol. The van der Waals surface area contributed by atoms with E-state index in [1.54, 1.807) is 43.5 Å². The van der Waals surface area contributed by atoms with Gasteiger partial charge in [-0.3, -0.25) is 9.10 Å². The van der Waals surface area contributed by atoms with E-state index in [1.165, 1.54) is 17.7 Å². The summed E-state index contributed by atoms with van der Waals surface area (Å²) in [5, 5.41) is 4.61. The number of aryl methyl sites for hydroxylation is 4. The summed E-state index contributed by atoms with van der Waals surface area (Å²) in [4.78, 5) is 13.1. The fraction of sp³-hybridized carbons (Fsp3) is 0.200. The van der Waals surface area contributed by atoms with Gasteiger partial charge in [-0.05, 0) is 88.7 Å². The van der Waals surface area contributed by atoms with Gasteiger partial charge in [0.2, 0.25) is 0 Å². The van der Waals surface area contributed by atoms with Crippen molar-refractivity contribution in [1.29, 1.82) is 0 Å². The van der Waals surface area contributed by atoms with Crippen molar-refractivity contribution in [3.05, 3.63) is 111 Å². The number of carbonyl (C=O) groups is 1. The molecule has 1 N–H and O–H groups in total. The van der Waals surface area contributed by atoms with Crippen LogP contribution in [0.25, 0.3) is 5.69 Å². The van der Waals surface area contributed by atoms with Crippen LogP contribution in [0.3, 0.4) is 0 Å². The van der Waals surface area contributed by atoms with Crippen LogP contribution in [0.15, 0.2) is 82.8 Å². The molecule has 4 aromatic rings. The average Bonchev–Trinajstić information content (AvgIpc) is 3.16. The number of nitrogens with one attached hydrogen (secondary N) is 1. The fourth-order valence-electron chi connectivity index (χ4n) is 4.38. The van der Waals surface area contributed by atoms with Gasteiger partial charge in [-0.1, -0.05) is 47.0 Å². The average molecular weight is 563 g/mol. The van der Waals surface area contributed by atoms with Crippen molar-refractivity contribution in [3.63, 3.8) is 0 Å². The zero-order chi connectivity index (χ0) is 28.3. The number of hydrogen-bond donors (Lipinski definition) is 1. The second kappa shape index (κ2) is 11.5. The van der Waals surface area contributed by atoms with Crippen LogP contribution < -0.4 is 9.73 Å². The van der Waals surface area contributed by atoms with E-state index in [0.717, 1.165) is 32.5 Å². The van der Waals surface area contributed by atoms with Crippen LogP contribution >= 0.6 is 11.6 Å². The molecule has 0 aliphatic rings. The molecule has 0 radical (unpaired) electrons. The van der Waals surface area contributed by atoms with Crippen LogP contribution in [-0.2, 0) is 14.8 Å². The number of sulfonamides is 1. The number of amides is 1. The minimum Gasteiger partial charge on any atom is -0.318 e. The molecule has 3 aromatic carbocycles. The van der Waals surface area contributed by atoms with Gasteiger partial charge in [0.1, 0.15) is 6.54 Å². The second-order valence-corrected chi connectivity index (χ2v) is 11.8. The van der Waals surface area contributed by atoms with Crippen molar-refractivity contribution < 1.29 is 13.2 Å². The van der Waals surface area contributed by atoms with Crippen molar-refractivity contribution in [3.8, 4) is 5.69 Å². The maximum absolute atomic E-state index is 13.6. The minimum absolute atomic E-state index is 0.0855. The third-order valence-electron chi connectivity index (χ3n) is 6.48. The normalized spacial score (nSPS) is 11.6. The molecule has 1 amide bonds. The van der Waals surface area contributed by atoms with Gasteiger partial charge in [0.25, 0.3) is 15.9 Å². The number of nitrogens with zero attached hydrogens (tertiary/aromatic N) is 3. The topological polar surface area (TPSA) is 83.8 Å². The lowest BCUT2D eigenvalue weighted by Gasteiger charge is -2.25. The molecule has 1 heterocycles. The predicted octanol–water partition coefficient (Wildman–Crippen LogP) is 6.02. The van der Waals surface area contributed by atoms with E-state index >= 15 is 0 Å². The molecule has 0 saturated heterocycles. The Hall–Kier alpha value is -3.88. The Kier molecular flexibility index (Phi) is 8.28. The quantitative estimate of drug-likeness (QED) is 0.210. The SMILES string of the molecule is Cc1ccc(-n2c(C)cc(/C=N\NC(=O)CN(c3ccc(Cl)cc3C)S(=O)(=O)c3ccc(C)cc3)c2C)cc1. The summed E-state index contributed by atoms with van der Waals surface area (Å²) >= 11 is 6.11. The Morgan fingerprint density at radius 3 is 2.15 bits per heavy atom. The molecule has 0 aliphatic carbocycles. The molecule has 9 heteroatoms. The Morgan fingerprint density at radius 2 is 1.54 bits per heavy atom. The zero-order valence-electron chi connectivity index (χ0n) is 22.6. The number of benzene rings is 3. The van der Waals surface area contributed by atoms with E-state index in [-0.39, 0.29) is 4.90 Å². The molecule has 0 aliphatic heterocycles. The molecule has 4 rings (SSSR count). The first-order valence-corrected chi connectivity index (χ1v) is 14.2. The second-order valence-electron chi connectivity index (χ2n) is 9.55. The summed E-state index contributed by atoms with van der Waals surface area (Å²) in [5.74, 6) is -0.580. The lowest BCUT2D eigenvalue weighted by atomic mass is 10.2. The maximum Gasteiger partial charge on any atom is 0.264 e. The smallest absolute Gasteiger partial charge is 0.264 e. The van der Waals surface area contributed by atoms with Gasteiger partial charge in [0, 0.05) is 27.7 Å². The van der Waals surface area contributed by atoms with Crippen molar-refractivity contribution >= 4 is 39.4 Å². The standard InChI is InChI=1S/C30H31ClN4O3S/c1-20-6-11-27(12-7-20)35-23(4)17-25(24(35)5)18-32-33-30(36)19-34(29-15-10-26(31)16-22(29)3)39(37,38)28-13-8-21(2)9-14-28/h6-18H,19H2,1-5H3,(H,33,36)/b32-18-. The molecular formula is C30H31ClN4O3S. The summed E-state index contributed by atoms with van der Waals surface area (Å²) in [5.41, 5.74) is 9.45. The van der Waals surface area contributed by atoms with Crippen molar-refractivity contribution in [2.45, 2.75) is 39.5 Å². The van der Waals surface area contributed by atoms with Crippen LogP contribution in [-0.4, -0.2) is 31.7 Å². The molecule has 202 valence electrons. The highest BCUT2D eigenvalue weighted by Crippen LogP contribution is 2.29. The Labute approximate surface area is 234 Å². The van der Waals surface area contributed by atoms with Crippen LogP contribution in [0, 0.1) is 34.6 Å². The highest BCUT2D eigenvalue weighted by atomic mass is 35.5. The van der Waals surface area contributed by atoms with E-state index in [4.69, 9.17) is 11.6 Å². The highest BCUT2D eigenvalue weighted by molar-refractivity contribution is 7.92. The van der Waals surface area contributed by atoms with Crippen LogP contribution in [0.5, 0.6) is 0 Å². The van der Waals surface area contributed by atoms with E-state index < -0.39 is 22.5 Å². The van der Waals surface area contributed by atoms with Crippen LogP contribution in [0.1, 0.15) is 33.6 Å². The van der Waals surface area contributed by atoms with E-state index in [9.17, 15) is 13.2 Å². The molecule has 0 spiro atoms. The van der Waals surface area contributed by atoms with Gasteiger partial charge >= 0.3 is 0 Å². The third-order valence-corrected chi connectivity index (χ3v) is 8.49. The largest absolute Gasteiger partial charge is 0.318 e. The lowest BCUT2D eigenvalue weighted by Crippen LogP contribution is -2.40. The summed E-state index contributed by atoms with van der Waals surface area (Å²) < 4.78 is 30.4. The number of hydrazone groups is 1. The number of anilines is 1. The first-order valence-electron chi connectivity index (χ1n) is 12.4. The maximum atomic E-state index is 13.6. The van der Waals surface area contributed by atoms with Gasteiger partial charge in [-0.2, -0.15) is 5.10 Å². The number of aromatic nitrogens is 1. The third kappa shape index (κ3) is 6.24. The molecule has 0 atom stereocenters. The number of halogens is 1. The van der Waals surface area contributed by atoms with Crippen molar-refractivity contribution in [1.82, 2.24) is 9.99 Å². The number of carbonyl (C=O) groups excluding carboxylic acids is 1. The van der Waals surface area contributed by atoms with E-state index in [1.807, 2.05) is 33.8 Å². The first-order chi connectivity index (χ1) is 18.5. The number of hydrogen-bond acceptors (Lipinski definition) is 4. The summed E-state index contributed by atoms with van der Waals surface area (Å²) in [6.07, 6.45) is 1.57. The van der Waals surface area contributed by atoms with Gasteiger partial charge in [0.05, 0.1) is 16.8 Å². The fourth-order valence-corrected chi connectivity index (χ4v) is 6.10. The molecule has 39 heavy (non-hydrogen) atoms. The Bertz CT molecular complexity index is 1640. The first kappa shape index (κ1) is 28.1. The monoisotopic (exact) mass is 562 g/mol. The van der Waals surface area contributed by atoms with Gasteiger partial charge in [-0.25, -0.2) is 13.8 Å². The predicted molar refractivity (Wildman–Crippen MR) is 158 cm³/mol. The molecule has 0 unspecified atom stereocenters. The molecule has 7 nitrogen and oxygen atoms in total. The lowest BCUT2D eigenvalue weighted by molar-refractivity contribution is -0.119. The van der Waals surface area contributed by atoms with Crippen molar-refractivity contribution in [2.24, 2.45) is 5.10 Å². The van der Waals surface area contributed by atoms with Gasteiger partial charge < -0.3 is 4.57 Å². The zero-order valence-corrected chi connectivity index (χ0v) is 24.1. The van der Waals surface area contributed by atoms with Gasteiger partial charge in [0.15, 0.2) is 0 Å². The minimum atomic E-state index is -4.05. The summed E-state index contributed by atoms with van der Waals surface area (Å²) in [6.45, 7) is 9.19.